The molecule has 1 amide bonds. The number of amides is 1. The topological polar surface area (TPSA) is 75.6 Å². The maximum absolute atomic E-state index is 12.5. The summed E-state index contributed by atoms with van der Waals surface area (Å²) >= 11 is 0. The molecule has 0 bridgehead atoms. The van der Waals surface area contributed by atoms with E-state index in [1.165, 1.54) is 0 Å². The number of rotatable bonds is 4. The number of ketones is 2. The van der Waals surface area contributed by atoms with E-state index >= 15 is 0 Å². The zero-order valence-electron chi connectivity index (χ0n) is 14.3. The average molecular weight is 346 g/mol. The fourth-order valence-corrected chi connectivity index (χ4v) is 3.57. The molecular weight excluding hydrogens is 328 g/mol. The molecule has 5 nitrogen and oxygen atoms in total. The minimum Gasteiger partial charge on any atom is -0.293 e. The number of fused-ring (bicyclic) bond motifs is 1. The van der Waals surface area contributed by atoms with Gasteiger partial charge < -0.3 is 0 Å². The summed E-state index contributed by atoms with van der Waals surface area (Å²) in [5, 5.41) is 4.05. The third kappa shape index (κ3) is 2.75. The van der Waals surface area contributed by atoms with Gasteiger partial charge in [0.25, 0.3) is 0 Å². The second-order valence-electron chi connectivity index (χ2n) is 6.80. The number of Topliss-reactive ketones (excluding diaryl/α,β-unsaturated/α-hetero) is 2. The standard InChI is InChI=1S/C21H18N2O3/c1-12(18-19(24)14-9-5-6-10-15(14)20(18)25)22-23-21(26)17-11-16(17)13-7-3-2-4-8-13/h2-10,16-18H,11H2,1H3,(H,23,26)/t16-,17+/m0/s1. The van der Waals surface area contributed by atoms with E-state index in [2.05, 4.69) is 10.5 Å². The van der Waals surface area contributed by atoms with Gasteiger partial charge in [0.2, 0.25) is 5.91 Å². The molecule has 4 rings (SSSR count). The van der Waals surface area contributed by atoms with Crippen LogP contribution in [-0.4, -0.2) is 23.2 Å². The number of hydrazone groups is 1. The summed E-state index contributed by atoms with van der Waals surface area (Å²) < 4.78 is 0. The quantitative estimate of drug-likeness (QED) is 0.525. The lowest BCUT2D eigenvalue weighted by molar-refractivity contribution is -0.122. The van der Waals surface area contributed by atoms with Crippen LogP contribution < -0.4 is 5.43 Å². The van der Waals surface area contributed by atoms with Gasteiger partial charge in [-0.1, -0.05) is 54.6 Å². The van der Waals surface area contributed by atoms with E-state index in [0.717, 1.165) is 12.0 Å². The van der Waals surface area contributed by atoms with Crippen LogP contribution >= 0.6 is 0 Å². The Hall–Kier alpha value is -3.08. The molecule has 1 saturated carbocycles. The molecular formula is C21H18N2O3. The number of carbonyl (C=O) groups excluding carboxylic acids is 3. The molecule has 26 heavy (non-hydrogen) atoms. The van der Waals surface area contributed by atoms with Crippen LogP contribution in [0.3, 0.4) is 0 Å². The van der Waals surface area contributed by atoms with Crippen LogP contribution in [0.1, 0.15) is 45.5 Å². The first-order valence-corrected chi connectivity index (χ1v) is 8.64. The van der Waals surface area contributed by atoms with Crippen molar-refractivity contribution in [2.75, 3.05) is 0 Å². The van der Waals surface area contributed by atoms with E-state index in [4.69, 9.17) is 0 Å². The zero-order valence-corrected chi connectivity index (χ0v) is 14.3. The minimum absolute atomic E-state index is 0.110. The molecule has 0 radical (unpaired) electrons. The van der Waals surface area contributed by atoms with E-state index in [1.54, 1.807) is 31.2 Å². The highest BCUT2D eigenvalue weighted by Gasteiger charge is 2.44. The molecule has 0 aromatic heterocycles. The van der Waals surface area contributed by atoms with Gasteiger partial charge in [-0.15, -0.1) is 0 Å². The number of carbonyl (C=O) groups is 3. The number of nitrogens with zero attached hydrogens (tertiary/aromatic N) is 1. The van der Waals surface area contributed by atoms with E-state index in [9.17, 15) is 14.4 Å². The van der Waals surface area contributed by atoms with Gasteiger partial charge in [0.05, 0.1) is 5.71 Å². The molecule has 130 valence electrons. The van der Waals surface area contributed by atoms with Crippen molar-refractivity contribution in [1.29, 1.82) is 0 Å². The van der Waals surface area contributed by atoms with E-state index in [0.29, 0.717) is 16.8 Å². The first-order chi connectivity index (χ1) is 12.6. The molecule has 0 heterocycles. The zero-order chi connectivity index (χ0) is 18.3. The van der Waals surface area contributed by atoms with Crippen LogP contribution in [-0.2, 0) is 4.79 Å². The summed E-state index contributed by atoms with van der Waals surface area (Å²) in [4.78, 5) is 37.2. The molecule has 2 aromatic rings. The summed E-state index contributed by atoms with van der Waals surface area (Å²) in [6.07, 6.45) is 0.789. The van der Waals surface area contributed by atoms with Crippen molar-refractivity contribution < 1.29 is 14.4 Å². The summed E-state index contributed by atoms with van der Waals surface area (Å²) in [5.41, 5.74) is 4.85. The highest BCUT2D eigenvalue weighted by atomic mass is 16.2. The van der Waals surface area contributed by atoms with Gasteiger partial charge in [-0.05, 0) is 24.8 Å². The summed E-state index contributed by atoms with van der Waals surface area (Å²) in [6.45, 7) is 1.61. The second kappa shape index (κ2) is 6.33. The maximum Gasteiger partial charge on any atom is 0.243 e. The molecule has 2 aromatic carbocycles. The highest BCUT2D eigenvalue weighted by molar-refractivity contribution is 6.36. The van der Waals surface area contributed by atoms with Crippen molar-refractivity contribution in [3.8, 4) is 0 Å². The van der Waals surface area contributed by atoms with E-state index < -0.39 is 5.92 Å². The minimum atomic E-state index is -0.933. The fourth-order valence-electron chi connectivity index (χ4n) is 3.57. The molecule has 0 unspecified atom stereocenters. The largest absolute Gasteiger partial charge is 0.293 e. The number of hydrogen-bond donors (Lipinski definition) is 1. The van der Waals surface area contributed by atoms with Gasteiger partial charge in [0.15, 0.2) is 11.6 Å². The van der Waals surface area contributed by atoms with E-state index in [1.807, 2.05) is 30.3 Å². The Morgan fingerprint density at radius 1 is 0.962 bits per heavy atom. The molecule has 1 N–H and O–H groups in total. The van der Waals surface area contributed by atoms with Gasteiger partial charge >= 0.3 is 0 Å². The molecule has 0 aliphatic heterocycles. The number of benzene rings is 2. The third-order valence-electron chi connectivity index (χ3n) is 5.10. The molecule has 2 aliphatic rings. The predicted octanol–water partition coefficient (Wildman–Crippen LogP) is 2.98. The summed E-state index contributed by atoms with van der Waals surface area (Å²) in [5.74, 6) is -1.51. The van der Waals surface area contributed by atoms with Gasteiger partial charge in [-0.25, -0.2) is 5.43 Å². The fraction of sp³-hybridized carbons (Fsp3) is 0.238. The molecule has 0 saturated heterocycles. The Balaban J connectivity index is 1.43. The van der Waals surface area contributed by atoms with Crippen LogP contribution in [0.5, 0.6) is 0 Å². The molecule has 5 heteroatoms. The highest BCUT2D eigenvalue weighted by Crippen LogP contribution is 2.47. The summed E-state index contributed by atoms with van der Waals surface area (Å²) in [7, 11) is 0. The van der Waals surface area contributed by atoms with Crippen molar-refractivity contribution in [2.45, 2.75) is 19.3 Å². The van der Waals surface area contributed by atoms with Gasteiger partial charge in [-0.3, -0.25) is 14.4 Å². The first-order valence-electron chi connectivity index (χ1n) is 8.64. The van der Waals surface area contributed by atoms with Crippen LogP contribution in [0, 0.1) is 11.8 Å². The van der Waals surface area contributed by atoms with Crippen molar-refractivity contribution >= 4 is 23.2 Å². The molecule has 0 spiro atoms. The van der Waals surface area contributed by atoms with Gasteiger partial charge in [-0.2, -0.15) is 5.10 Å². The Kier molecular flexibility index (Phi) is 3.99. The number of hydrogen-bond acceptors (Lipinski definition) is 4. The van der Waals surface area contributed by atoms with Crippen LogP contribution in [0.15, 0.2) is 59.7 Å². The second-order valence-corrected chi connectivity index (χ2v) is 6.80. The molecule has 2 aliphatic carbocycles. The number of nitrogens with one attached hydrogen (secondary N) is 1. The lowest BCUT2D eigenvalue weighted by atomic mass is 9.99. The van der Waals surface area contributed by atoms with Crippen LogP contribution in [0.4, 0.5) is 0 Å². The average Bonchev–Trinajstić information content (AvgIpc) is 3.43. The van der Waals surface area contributed by atoms with Crippen LogP contribution in [0.25, 0.3) is 0 Å². The lowest BCUT2D eigenvalue weighted by Gasteiger charge is -2.07. The Bertz CT molecular complexity index is 898. The Labute approximate surface area is 151 Å². The normalized spacial score (nSPS) is 22.3. The molecule has 1 fully saturated rings. The Morgan fingerprint density at radius 2 is 1.54 bits per heavy atom. The molecule has 2 atom stereocenters. The maximum atomic E-state index is 12.5. The van der Waals surface area contributed by atoms with Gasteiger partial charge in [0.1, 0.15) is 5.92 Å². The smallest absolute Gasteiger partial charge is 0.243 e. The lowest BCUT2D eigenvalue weighted by Crippen LogP contribution is -2.28. The van der Waals surface area contributed by atoms with Crippen molar-refractivity contribution in [2.24, 2.45) is 16.9 Å². The van der Waals surface area contributed by atoms with Crippen LogP contribution in [0.2, 0.25) is 0 Å². The van der Waals surface area contributed by atoms with Crippen molar-refractivity contribution in [1.82, 2.24) is 5.43 Å². The van der Waals surface area contributed by atoms with Crippen molar-refractivity contribution in [3.63, 3.8) is 0 Å². The van der Waals surface area contributed by atoms with Crippen molar-refractivity contribution in [3.05, 3.63) is 71.3 Å². The summed E-state index contributed by atoms with van der Waals surface area (Å²) in [6, 6.07) is 16.7. The SMILES string of the molecule is CC(=NNC(=O)[C@@H]1C[C@H]1c1ccccc1)C1C(=O)c2ccccc2C1=O. The van der Waals surface area contributed by atoms with Gasteiger partial charge in [0, 0.05) is 17.0 Å². The Morgan fingerprint density at radius 3 is 2.15 bits per heavy atom. The third-order valence-corrected chi connectivity index (χ3v) is 5.10. The first kappa shape index (κ1) is 16.4. The van der Waals surface area contributed by atoms with E-state index in [-0.39, 0.29) is 29.3 Å². The predicted molar refractivity (Wildman–Crippen MR) is 97.1 cm³/mol. The monoisotopic (exact) mass is 346 g/mol.